The molecule has 0 aliphatic carbocycles. The van der Waals surface area contributed by atoms with Crippen LogP contribution in [0.3, 0.4) is 0 Å². The van der Waals surface area contributed by atoms with E-state index in [2.05, 4.69) is 17.0 Å². The summed E-state index contributed by atoms with van der Waals surface area (Å²) in [6, 6.07) is 8.31. The molecule has 1 heterocycles. The number of nitrogens with two attached hydrogens (primary N) is 1. The van der Waals surface area contributed by atoms with Gasteiger partial charge in [-0.3, -0.25) is 0 Å². The van der Waals surface area contributed by atoms with Crippen molar-refractivity contribution in [3.63, 3.8) is 0 Å². The summed E-state index contributed by atoms with van der Waals surface area (Å²) in [5, 5.41) is 0. The van der Waals surface area contributed by atoms with E-state index in [9.17, 15) is 0 Å². The van der Waals surface area contributed by atoms with E-state index in [0.717, 1.165) is 63.8 Å². The molecule has 2 rings (SSSR count). The van der Waals surface area contributed by atoms with Gasteiger partial charge in [-0.1, -0.05) is 0 Å². The van der Waals surface area contributed by atoms with Crippen molar-refractivity contribution in [1.29, 1.82) is 0 Å². The Hall–Kier alpha value is -1.26. The summed E-state index contributed by atoms with van der Waals surface area (Å²) in [4.78, 5) is 2.45. The Labute approximate surface area is 121 Å². The Bertz CT molecular complexity index is 375. The maximum Gasteiger partial charge on any atom is 0.119 e. The minimum atomic E-state index is 0.726. The molecule has 0 spiro atoms. The Kier molecular flexibility index (Phi) is 6.15. The number of ether oxygens (including phenoxy) is 2. The molecule has 112 valence electrons. The van der Waals surface area contributed by atoms with Gasteiger partial charge in [0.25, 0.3) is 0 Å². The van der Waals surface area contributed by atoms with Crippen LogP contribution >= 0.6 is 0 Å². The molecule has 2 N–H and O–H groups in total. The lowest BCUT2D eigenvalue weighted by atomic mass is 9.99. The van der Waals surface area contributed by atoms with Crippen molar-refractivity contribution in [3.05, 3.63) is 24.3 Å². The molecule has 0 atom stereocenters. The normalized spacial score (nSPS) is 16.1. The van der Waals surface area contributed by atoms with E-state index in [1.165, 1.54) is 5.69 Å². The molecule has 1 saturated heterocycles. The molecule has 1 aliphatic heterocycles. The lowest BCUT2D eigenvalue weighted by Gasteiger charge is -2.31. The van der Waals surface area contributed by atoms with Gasteiger partial charge in [0.15, 0.2) is 0 Å². The molecule has 1 aliphatic rings. The number of rotatable bonds is 7. The van der Waals surface area contributed by atoms with E-state index in [1.807, 2.05) is 12.1 Å². The molecule has 1 aromatic rings. The smallest absolute Gasteiger partial charge is 0.119 e. The van der Waals surface area contributed by atoms with E-state index in [-0.39, 0.29) is 0 Å². The van der Waals surface area contributed by atoms with Crippen LogP contribution in [0.5, 0.6) is 5.75 Å². The zero-order valence-electron chi connectivity index (χ0n) is 12.4. The summed E-state index contributed by atoms with van der Waals surface area (Å²) in [6.07, 6.45) is 3.35. The summed E-state index contributed by atoms with van der Waals surface area (Å²) >= 11 is 0. The Morgan fingerprint density at radius 1 is 1.25 bits per heavy atom. The molecule has 20 heavy (non-hydrogen) atoms. The van der Waals surface area contributed by atoms with Crippen LogP contribution in [0.15, 0.2) is 24.3 Å². The van der Waals surface area contributed by atoms with Crippen molar-refractivity contribution >= 4 is 5.69 Å². The number of hydrogen-bond acceptors (Lipinski definition) is 4. The van der Waals surface area contributed by atoms with E-state index >= 15 is 0 Å². The maximum absolute atomic E-state index is 5.67. The zero-order valence-corrected chi connectivity index (χ0v) is 12.4. The van der Waals surface area contributed by atoms with Gasteiger partial charge in [0.1, 0.15) is 5.75 Å². The van der Waals surface area contributed by atoms with Crippen LogP contribution in [0.2, 0.25) is 0 Å². The van der Waals surface area contributed by atoms with Gasteiger partial charge in [0, 0.05) is 32.0 Å². The van der Waals surface area contributed by atoms with Crippen LogP contribution < -0.4 is 15.4 Å². The molecular weight excluding hydrogens is 252 g/mol. The van der Waals surface area contributed by atoms with E-state index in [4.69, 9.17) is 15.2 Å². The lowest BCUT2D eigenvalue weighted by Crippen LogP contribution is -2.34. The molecule has 0 saturated carbocycles. The highest BCUT2D eigenvalue weighted by Crippen LogP contribution is 2.23. The van der Waals surface area contributed by atoms with Gasteiger partial charge in [-0.05, 0) is 56.0 Å². The standard InChI is InChI=1S/C16H26N2O2/c1-19-16-5-3-15(4-6-16)18(10-2-9-17)13-14-7-11-20-12-8-14/h3-6,14H,2,7-13,17H2,1H3. The molecule has 0 radical (unpaired) electrons. The molecule has 1 fully saturated rings. The van der Waals surface area contributed by atoms with Crippen molar-refractivity contribution in [2.75, 3.05) is 44.9 Å². The largest absolute Gasteiger partial charge is 0.497 e. The molecule has 4 nitrogen and oxygen atoms in total. The van der Waals surface area contributed by atoms with Gasteiger partial charge in [0.2, 0.25) is 0 Å². The van der Waals surface area contributed by atoms with Crippen LogP contribution in [-0.2, 0) is 4.74 Å². The fraction of sp³-hybridized carbons (Fsp3) is 0.625. The van der Waals surface area contributed by atoms with Crippen molar-refractivity contribution < 1.29 is 9.47 Å². The Morgan fingerprint density at radius 3 is 2.55 bits per heavy atom. The van der Waals surface area contributed by atoms with Crippen molar-refractivity contribution in [2.45, 2.75) is 19.3 Å². The fourth-order valence-corrected chi connectivity index (χ4v) is 2.64. The first-order valence-corrected chi connectivity index (χ1v) is 7.50. The summed E-state index contributed by atoms with van der Waals surface area (Å²) in [6.45, 7) is 4.65. The molecule has 0 unspecified atom stereocenters. The topological polar surface area (TPSA) is 47.7 Å². The van der Waals surface area contributed by atoms with Crippen LogP contribution in [0.4, 0.5) is 5.69 Å². The summed E-state index contributed by atoms with van der Waals surface area (Å²) in [7, 11) is 1.70. The molecule has 0 amide bonds. The number of nitrogens with zero attached hydrogens (tertiary/aromatic N) is 1. The minimum absolute atomic E-state index is 0.726. The van der Waals surface area contributed by atoms with Crippen LogP contribution in [0.1, 0.15) is 19.3 Å². The predicted octanol–water partition coefficient (Wildman–Crippen LogP) is 2.28. The first-order chi connectivity index (χ1) is 9.83. The van der Waals surface area contributed by atoms with Crippen molar-refractivity contribution in [2.24, 2.45) is 11.7 Å². The lowest BCUT2D eigenvalue weighted by molar-refractivity contribution is 0.0682. The van der Waals surface area contributed by atoms with Gasteiger partial charge >= 0.3 is 0 Å². The van der Waals surface area contributed by atoms with E-state index in [1.54, 1.807) is 7.11 Å². The number of hydrogen-bond donors (Lipinski definition) is 1. The van der Waals surface area contributed by atoms with Crippen molar-refractivity contribution in [3.8, 4) is 5.75 Å². The second-order valence-corrected chi connectivity index (χ2v) is 5.34. The number of methoxy groups -OCH3 is 1. The molecule has 0 bridgehead atoms. The molecule has 0 aromatic heterocycles. The Morgan fingerprint density at radius 2 is 1.95 bits per heavy atom. The van der Waals surface area contributed by atoms with Gasteiger partial charge in [-0.25, -0.2) is 0 Å². The van der Waals surface area contributed by atoms with Crippen LogP contribution in [-0.4, -0.2) is 40.0 Å². The summed E-state index contributed by atoms with van der Waals surface area (Å²) in [5.41, 5.74) is 6.92. The fourth-order valence-electron chi connectivity index (χ4n) is 2.64. The van der Waals surface area contributed by atoms with Crippen LogP contribution in [0.25, 0.3) is 0 Å². The highest BCUT2D eigenvalue weighted by Gasteiger charge is 2.17. The average Bonchev–Trinajstić information content (AvgIpc) is 2.52. The second-order valence-electron chi connectivity index (χ2n) is 5.34. The average molecular weight is 278 g/mol. The number of benzene rings is 1. The van der Waals surface area contributed by atoms with Crippen LogP contribution in [0, 0.1) is 5.92 Å². The maximum atomic E-state index is 5.67. The highest BCUT2D eigenvalue weighted by molar-refractivity contribution is 5.49. The van der Waals surface area contributed by atoms with Gasteiger partial charge in [-0.15, -0.1) is 0 Å². The second kappa shape index (κ2) is 8.12. The first kappa shape index (κ1) is 15.1. The first-order valence-electron chi connectivity index (χ1n) is 7.50. The summed E-state index contributed by atoms with van der Waals surface area (Å²) < 4.78 is 10.7. The SMILES string of the molecule is COc1ccc(N(CCCN)CC2CCOCC2)cc1. The number of anilines is 1. The molecular formula is C16H26N2O2. The molecule has 1 aromatic carbocycles. The highest BCUT2D eigenvalue weighted by atomic mass is 16.5. The predicted molar refractivity (Wildman–Crippen MR) is 82.4 cm³/mol. The zero-order chi connectivity index (χ0) is 14.2. The van der Waals surface area contributed by atoms with Gasteiger partial charge in [-0.2, -0.15) is 0 Å². The molecule has 4 heteroatoms. The minimum Gasteiger partial charge on any atom is -0.497 e. The third kappa shape index (κ3) is 4.39. The van der Waals surface area contributed by atoms with E-state index < -0.39 is 0 Å². The Balaban J connectivity index is 2.00. The third-order valence-corrected chi connectivity index (χ3v) is 3.89. The quantitative estimate of drug-likeness (QED) is 0.831. The third-order valence-electron chi connectivity index (χ3n) is 3.89. The monoisotopic (exact) mass is 278 g/mol. The summed E-state index contributed by atoms with van der Waals surface area (Å²) in [5.74, 6) is 1.63. The van der Waals surface area contributed by atoms with Gasteiger partial charge < -0.3 is 20.1 Å². The van der Waals surface area contributed by atoms with Crippen molar-refractivity contribution in [1.82, 2.24) is 0 Å². The van der Waals surface area contributed by atoms with E-state index in [0.29, 0.717) is 0 Å². The van der Waals surface area contributed by atoms with Gasteiger partial charge in [0.05, 0.1) is 7.11 Å².